The summed E-state index contributed by atoms with van der Waals surface area (Å²) >= 11 is 1.34. The molecular weight excluding hydrogens is 410 g/mol. The van der Waals surface area contributed by atoms with Crippen molar-refractivity contribution in [1.82, 2.24) is 9.97 Å². The normalized spacial score (nSPS) is 10.6. The van der Waals surface area contributed by atoms with Gasteiger partial charge in [-0.15, -0.1) is 0 Å². The molecule has 8 heteroatoms. The van der Waals surface area contributed by atoms with Crippen molar-refractivity contribution in [3.8, 4) is 11.4 Å². The van der Waals surface area contributed by atoms with Crippen molar-refractivity contribution in [1.29, 1.82) is 0 Å². The summed E-state index contributed by atoms with van der Waals surface area (Å²) in [5, 5.41) is 14.7. The molecule has 154 valence electrons. The number of nitro benzene ring substituents is 1. The van der Waals surface area contributed by atoms with Crippen LogP contribution < -0.4 is 11.1 Å². The number of nitro groups is 1. The van der Waals surface area contributed by atoms with Gasteiger partial charge in [-0.1, -0.05) is 66.4 Å². The van der Waals surface area contributed by atoms with E-state index in [9.17, 15) is 10.1 Å². The first-order valence-electron chi connectivity index (χ1n) is 9.53. The fourth-order valence-corrected chi connectivity index (χ4v) is 4.01. The van der Waals surface area contributed by atoms with Gasteiger partial charge in [-0.2, -0.15) is 0 Å². The second-order valence-electron chi connectivity index (χ2n) is 6.65. The molecule has 3 aromatic carbocycles. The average Bonchev–Trinajstić information content (AvgIpc) is 2.80. The Morgan fingerprint density at radius 1 is 0.935 bits per heavy atom. The van der Waals surface area contributed by atoms with Gasteiger partial charge in [0, 0.05) is 40.5 Å². The van der Waals surface area contributed by atoms with Crippen molar-refractivity contribution in [2.45, 2.75) is 16.3 Å². The average molecular weight is 430 g/mol. The summed E-state index contributed by atoms with van der Waals surface area (Å²) in [5.74, 6) is 0.986. The molecular formula is C23H19N5O2S. The van der Waals surface area contributed by atoms with Gasteiger partial charge >= 0.3 is 0 Å². The van der Waals surface area contributed by atoms with Crippen molar-refractivity contribution >= 4 is 29.0 Å². The Labute approximate surface area is 183 Å². The van der Waals surface area contributed by atoms with E-state index in [1.165, 1.54) is 17.8 Å². The molecule has 0 aliphatic carbocycles. The molecule has 4 aromatic rings. The van der Waals surface area contributed by atoms with E-state index in [1.807, 2.05) is 54.6 Å². The molecule has 0 radical (unpaired) electrons. The molecule has 1 heterocycles. The van der Waals surface area contributed by atoms with Crippen LogP contribution in [0.2, 0.25) is 0 Å². The van der Waals surface area contributed by atoms with Gasteiger partial charge in [-0.25, -0.2) is 9.97 Å². The lowest BCUT2D eigenvalue weighted by Gasteiger charge is -2.13. The van der Waals surface area contributed by atoms with Crippen LogP contribution in [0.5, 0.6) is 0 Å². The van der Waals surface area contributed by atoms with E-state index in [1.54, 1.807) is 24.4 Å². The number of para-hydroxylation sites is 2. The van der Waals surface area contributed by atoms with E-state index in [-0.39, 0.29) is 10.6 Å². The first-order chi connectivity index (χ1) is 15.1. The predicted molar refractivity (Wildman–Crippen MR) is 123 cm³/mol. The maximum absolute atomic E-state index is 11.3. The SMILES string of the molecule is Nc1nc(-c2ccccc2)ncc1CNc1ccccc1Sc1ccccc1[N+](=O)[O-]. The van der Waals surface area contributed by atoms with E-state index in [0.717, 1.165) is 21.7 Å². The molecule has 0 amide bonds. The molecule has 0 atom stereocenters. The van der Waals surface area contributed by atoms with Gasteiger partial charge < -0.3 is 11.1 Å². The Morgan fingerprint density at radius 2 is 1.61 bits per heavy atom. The van der Waals surface area contributed by atoms with Gasteiger partial charge in [0.15, 0.2) is 5.82 Å². The quantitative estimate of drug-likeness (QED) is 0.299. The Morgan fingerprint density at radius 3 is 2.35 bits per heavy atom. The van der Waals surface area contributed by atoms with Crippen molar-refractivity contribution < 1.29 is 4.92 Å². The van der Waals surface area contributed by atoms with Crippen LogP contribution in [0.3, 0.4) is 0 Å². The summed E-state index contributed by atoms with van der Waals surface area (Å²) in [6.45, 7) is 0.426. The number of anilines is 2. The minimum Gasteiger partial charge on any atom is -0.383 e. The second-order valence-corrected chi connectivity index (χ2v) is 7.73. The van der Waals surface area contributed by atoms with E-state index in [4.69, 9.17) is 5.73 Å². The number of rotatable bonds is 7. The third kappa shape index (κ3) is 4.81. The maximum Gasteiger partial charge on any atom is 0.283 e. The van der Waals surface area contributed by atoms with Gasteiger partial charge in [0.1, 0.15) is 5.82 Å². The molecule has 31 heavy (non-hydrogen) atoms. The number of benzene rings is 3. The molecule has 0 aliphatic rings. The van der Waals surface area contributed by atoms with Crippen molar-refractivity contribution in [3.63, 3.8) is 0 Å². The Kier molecular flexibility index (Phi) is 6.09. The molecule has 0 unspecified atom stereocenters. The highest BCUT2D eigenvalue weighted by Gasteiger charge is 2.15. The third-order valence-electron chi connectivity index (χ3n) is 4.57. The lowest BCUT2D eigenvalue weighted by atomic mass is 10.2. The molecule has 0 saturated carbocycles. The smallest absolute Gasteiger partial charge is 0.283 e. The van der Waals surface area contributed by atoms with Crippen molar-refractivity contribution in [3.05, 3.63) is 101 Å². The molecule has 0 fully saturated rings. The minimum atomic E-state index is -0.370. The number of nitrogens with one attached hydrogen (secondary N) is 1. The Bertz CT molecular complexity index is 1220. The van der Waals surface area contributed by atoms with Gasteiger partial charge in [0.25, 0.3) is 5.69 Å². The van der Waals surface area contributed by atoms with Gasteiger partial charge in [0.05, 0.1) is 9.82 Å². The summed E-state index contributed by atoms with van der Waals surface area (Å²) in [7, 11) is 0. The number of nitrogen functional groups attached to an aromatic ring is 1. The minimum absolute atomic E-state index is 0.0800. The number of hydrogen-bond acceptors (Lipinski definition) is 7. The summed E-state index contributed by atoms with van der Waals surface area (Å²) in [5.41, 5.74) is 8.76. The predicted octanol–water partition coefficient (Wildman–Crippen LogP) is 5.40. The third-order valence-corrected chi connectivity index (χ3v) is 5.71. The van der Waals surface area contributed by atoms with Crippen LogP contribution in [-0.4, -0.2) is 14.9 Å². The van der Waals surface area contributed by atoms with Crippen LogP contribution in [0, 0.1) is 10.1 Å². The number of hydrogen-bond donors (Lipinski definition) is 2. The Balaban J connectivity index is 1.52. The van der Waals surface area contributed by atoms with Crippen LogP contribution in [-0.2, 0) is 6.54 Å². The summed E-state index contributed by atoms with van der Waals surface area (Å²) in [6.07, 6.45) is 1.72. The first-order valence-corrected chi connectivity index (χ1v) is 10.3. The molecule has 0 bridgehead atoms. The monoisotopic (exact) mass is 429 g/mol. The fraction of sp³-hybridized carbons (Fsp3) is 0.0435. The fourth-order valence-electron chi connectivity index (χ4n) is 2.99. The van der Waals surface area contributed by atoms with Crippen LogP contribution in [0.1, 0.15) is 5.56 Å². The maximum atomic E-state index is 11.3. The Hall–Kier alpha value is -3.91. The van der Waals surface area contributed by atoms with E-state index in [2.05, 4.69) is 15.3 Å². The summed E-state index contributed by atoms with van der Waals surface area (Å²) < 4.78 is 0. The molecule has 0 saturated heterocycles. The van der Waals surface area contributed by atoms with E-state index >= 15 is 0 Å². The lowest BCUT2D eigenvalue weighted by molar-refractivity contribution is -0.387. The highest BCUT2D eigenvalue weighted by atomic mass is 32.2. The topological polar surface area (TPSA) is 107 Å². The zero-order valence-corrected chi connectivity index (χ0v) is 17.3. The van der Waals surface area contributed by atoms with Crippen LogP contribution >= 0.6 is 11.8 Å². The first kappa shape index (κ1) is 20.4. The summed E-state index contributed by atoms with van der Waals surface area (Å²) in [4.78, 5) is 21.3. The van der Waals surface area contributed by atoms with Crippen LogP contribution in [0.25, 0.3) is 11.4 Å². The van der Waals surface area contributed by atoms with Gasteiger partial charge in [-0.05, 0) is 18.2 Å². The van der Waals surface area contributed by atoms with Gasteiger partial charge in [0.2, 0.25) is 0 Å². The highest BCUT2D eigenvalue weighted by molar-refractivity contribution is 7.99. The zero-order chi connectivity index (χ0) is 21.6. The van der Waals surface area contributed by atoms with Crippen molar-refractivity contribution in [2.75, 3.05) is 11.1 Å². The number of nitrogens with two attached hydrogens (primary N) is 1. The van der Waals surface area contributed by atoms with Crippen molar-refractivity contribution in [2.24, 2.45) is 0 Å². The molecule has 4 rings (SSSR count). The molecule has 1 aromatic heterocycles. The lowest BCUT2D eigenvalue weighted by Crippen LogP contribution is -2.07. The second kappa shape index (κ2) is 9.27. The highest BCUT2D eigenvalue weighted by Crippen LogP contribution is 2.38. The number of nitrogens with zero attached hydrogens (tertiary/aromatic N) is 3. The molecule has 7 nitrogen and oxygen atoms in total. The van der Waals surface area contributed by atoms with Gasteiger partial charge in [-0.3, -0.25) is 10.1 Å². The standard InChI is InChI=1S/C23H19N5O2S/c24-22-17(15-26-23(27-22)16-8-2-1-3-9-16)14-25-18-10-4-6-12-20(18)31-21-13-7-5-11-19(21)28(29)30/h1-13,15,25H,14H2,(H2,24,26,27). The molecule has 0 spiro atoms. The van der Waals surface area contributed by atoms with E-state index < -0.39 is 0 Å². The van der Waals surface area contributed by atoms with Crippen LogP contribution in [0.4, 0.5) is 17.2 Å². The largest absolute Gasteiger partial charge is 0.383 e. The van der Waals surface area contributed by atoms with Crippen LogP contribution in [0.15, 0.2) is 94.9 Å². The molecule has 0 aliphatic heterocycles. The zero-order valence-electron chi connectivity index (χ0n) is 16.4. The summed E-state index contributed by atoms with van der Waals surface area (Å²) in [6, 6.07) is 24.0. The van der Waals surface area contributed by atoms with E-state index in [0.29, 0.717) is 23.1 Å². The molecule has 3 N–H and O–H groups in total. The number of aromatic nitrogens is 2.